The van der Waals surface area contributed by atoms with Crippen molar-refractivity contribution in [2.75, 3.05) is 19.7 Å². The van der Waals surface area contributed by atoms with Crippen molar-refractivity contribution in [1.82, 2.24) is 4.90 Å². The minimum atomic E-state index is -2.02. The average molecular weight is 362 g/mol. The van der Waals surface area contributed by atoms with Crippen LogP contribution in [0.5, 0.6) is 0 Å². The Kier molecular flexibility index (Phi) is 11.2. The fraction of sp³-hybridized carbons (Fsp3) is 1.00. The third-order valence-electron chi connectivity index (χ3n) is 4.61. The van der Waals surface area contributed by atoms with Crippen LogP contribution in [0.25, 0.3) is 0 Å². The summed E-state index contributed by atoms with van der Waals surface area (Å²) in [6, 6.07) is 1.10. The molecule has 0 N–H and O–H groups in total. The molecule has 0 aromatic carbocycles. The quantitative estimate of drug-likeness (QED) is 0.465. The molecular formula is C18H43NO2Si2. The summed E-state index contributed by atoms with van der Waals surface area (Å²) in [5.41, 5.74) is 0.662. The SMILES string of the molecule is CCCCN(CCC[Si](C)(OCC)OC(C)[SiH](C)C)C(C)(C)C. The Morgan fingerprint density at radius 3 is 2.09 bits per heavy atom. The predicted octanol–water partition coefficient (Wildman–Crippen LogP) is 4.82. The van der Waals surface area contributed by atoms with Crippen molar-refractivity contribution in [3.05, 3.63) is 0 Å². The van der Waals surface area contributed by atoms with E-state index >= 15 is 0 Å². The van der Waals surface area contributed by atoms with Crippen LogP contribution < -0.4 is 0 Å². The second-order valence-electron chi connectivity index (χ2n) is 8.25. The van der Waals surface area contributed by atoms with Crippen LogP contribution in [0.4, 0.5) is 0 Å². The predicted molar refractivity (Wildman–Crippen MR) is 108 cm³/mol. The standard InChI is InChI=1S/C18H43NO2Si2/c1-10-12-14-19(18(4,5)6)15-13-16-23(9,20-11-2)21-17(3)22(7)8/h17,22H,10-16H2,1-9H3. The van der Waals surface area contributed by atoms with E-state index in [0.29, 0.717) is 5.73 Å². The highest BCUT2D eigenvalue weighted by atomic mass is 28.4. The highest BCUT2D eigenvalue weighted by molar-refractivity contribution is 6.67. The largest absolute Gasteiger partial charge is 0.395 e. The van der Waals surface area contributed by atoms with Gasteiger partial charge in [0.15, 0.2) is 0 Å². The molecule has 0 rings (SSSR count). The first-order chi connectivity index (χ1) is 10.6. The summed E-state index contributed by atoms with van der Waals surface area (Å²) in [7, 11) is -2.79. The summed E-state index contributed by atoms with van der Waals surface area (Å²) in [5, 5.41) is 0. The normalized spacial score (nSPS) is 16.8. The van der Waals surface area contributed by atoms with Crippen molar-refractivity contribution < 1.29 is 8.85 Å². The first-order valence-corrected chi connectivity index (χ1v) is 15.1. The molecule has 0 amide bonds. The van der Waals surface area contributed by atoms with Gasteiger partial charge in [0.2, 0.25) is 0 Å². The zero-order chi connectivity index (χ0) is 18.1. The Morgan fingerprint density at radius 2 is 1.65 bits per heavy atom. The third kappa shape index (κ3) is 10.0. The van der Waals surface area contributed by atoms with E-state index < -0.39 is 17.4 Å². The fourth-order valence-corrected chi connectivity index (χ4v) is 7.20. The molecule has 2 atom stereocenters. The molecule has 0 bridgehead atoms. The van der Waals surface area contributed by atoms with Crippen LogP contribution in [0.3, 0.4) is 0 Å². The number of unbranched alkanes of at least 4 members (excludes halogenated alkanes) is 1. The van der Waals surface area contributed by atoms with Crippen molar-refractivity contribution >= 4 is 17.4 Å². The van der Waals surface area contributed by atoms with Crippen LogP contribution in [0.15, 0.2) is 0 Å². The zero-order valence-electron chi connectivity index (χ0n) is 17.4. The first-order valence-electron chi connectivity index (χ1n) is 9.62. The number of nitrogens with zero attached hydrogens (tertiary/aromatic N) is 1. The molecule has 0 aromatic heterocycles. The number of hydrogen-bond acceptors (Lipinski definition) is 3. The van der Waals surface area contributed by atoms with Crippen molar-refractivity contribution in [2.24, 2.45) is 0 Å². The molecule has 0 aliphatic carbocycles. The first kappa shape index (κ1) is 23.3. The van der Waals surface area contributed by atoms with Crippen molar-refractivity contribution in [2.45, 2.75) is 97.8 Å². The maximum Gasteiger partial charge on any atom is 0.334 e. The Balaban J connectivity index is 4.59. The molecule has 0 heterocycles. The Hall–Kier alpha value is 0.314. The Labute approximate surface area is 149 Å². The van der Waals surface area contributed by atoms with Gasteiger partial charge < -0.3 is 8.85 Å². The average Bonchev–Trinajstić information content (AvgIpc) is 2.41. The van der Waals surface area contributed by atoms with Gasteiger partial charge in [-0.05, 0) is 73.1 Å². The second-order valence-corrected chi connectivity index (χ2v) is 15.0. The van der Waals surface area contributed by atoms with E-state index in [1.54, 1.807) is 0 Å². The second kappa shape index (κ2) is 11.0. The molecule has 0 radical (unpaired) electrons. The van der Waals surface area contributed by atoms with Gasteiger partial charge in [-0.25, -0.2) is 0 Å². The smallest absolute Gasteiger partial charge is 0.334 e. The van der Waals surface area contributed by atoms with Crippen molar-refractivity contribution in [1.29, 1.82) is 0 Å². The van der Waals surface area contributed by atoms with Crippen molar-refractivity contribution in [3.8, 4) is 0 Å². The molecule has 3 nitrogen and oxygen atoms in total. The lowest BCUT2D eigenvalue weighted by Gasteiger charge is -2.37. The topological polar surface area (TPSA) is 21.7 Å². The number of rotatable bonds is 12. The Bertz CT molecular complexity index is 308. The number of hydrogen-bond donors (Lipinski definition) is 0. The van der Waals surface area contributed by atoms with Gasteiger partial charge in [0.1, 0.15) is 0 Å². The molecule has 140 valence electrons. The third-order valence-corrected chi connectivity index (χ3v) is 9.93. The lowest BCUT2D eigenvalue weighted by atomic mass is 10.1. The van der Waals surface area contributed by atoms with Gasteiger partial charge in [-0.3, -0.25) is 4.90 Å². The van der Waals surface area contributed by atoms with Crippen LogP contribution in [0.2, 0.25) is 25.7 Å². The van der Waals surface area contributed by atoms with Gasteiger partial charge >= 0.3 is 8.56 Å². The van der Waals surface area contributed by atoms with E-state index in [-0.39, 0.29) is 5.54 Å². The van der Waals surface area contributed by atoms with Crippen LogP contribution in [-0.2, 0) is 8.85 Å². The van der Waals surface area contributed by atoms with Gasteiger partial charge in [0.05, 0.1) is 8.80 Å². The van der Waals surface area contributed by atoms with Crippen LogP contribution in [0.1, 0.15) is 60.8 Å². The highest BCUT2D eigenvalue weighted by Gasteiger charge is 2.34. The summed E-state index contributed by atoms with van der Waals surface area (Å²) >= 11 is 0. The summed E-state index contributed by atoms with van der Waals surface area (Å²) in [5.74, 6) is 0. The summed E-state index contributed by atoms with van der Waals surface area (Å²) in [6.45, 7) is 23.7. The van der Waals surface area contributed by atoms with E-state index in [2.05, 4.69) is 66.1 Å². The van der Waals surface area contributed by atoms with E-state index in [0.717, 1.165) is 19.2 Å². The van der Waals surface area contributed by atoms with Crippen LogP contribution in [0, 0.1) is 0 Å². The van der Waals surface area contributed by atoms with Gasteiger partial charge in [-0.1, -0.05) is 26.4 Å². The summed E-state index contributed by atoms with van der Waals surface area (Å²) in [4.78, 5) is 2.62. The molecular weight excluding hydrogens is 318 g/mol. The zero-order valence-corrected chi connectivity index (χ0v) is 19.5. The van der Waals surface area contributed by atoms with E-state index in [4.69, 9.17) is 8.85 Å². The van der Waals surface area contributed by atoms with Gasteiger partial charge in [-0.15, -0.1) is 0 Å². The fourth-order valence-electron chi connectivity index (χ4n) is 2.72. The molecule has 0 saturated heterocycles. The van der Waals surface area contributed by atoms with Gasteiger partial charge in [0, 0.05) is 17.9 Å². The molecule has 0 aliphatic heterocycles. The molecule has 0 aliphatic rings. The molecule has 0 aromatic rings. The minimum absolute atomic E-state index is 0.248. The maximum atomic E-state index is 6.45. The molecule has 0 saturated carbocycles. The molecule has 5 heteroatoms. The van der Waals surface area contributed by atoms with Gasteiger partial charge in [-0.2, -0.15) is 0 Å². The lowest BCUT2D eigenvalue weighted by Crippen LogP contribution is -2.46. The molecule has 0 spiro atoms. The summed E-state index contributed by atoms with van der Waals surface area (Å²) < 4.78 is 12.6. The van der Waals surface area contributed by atoms with E-state index in [9.17, 15) is 0 Å². The lowest BCUT2D eigenvalue weighted by molar-refractivity contribution is 0.129. The minimum Gasteiger partial charge on any atom is -0.395 e. The van der Waals surface area contributed by atoms with Crippen LogP contribution in [-0.4, -0.2) is 53.2 Å². The highest BCUT2D eigenvalue weighted by Crippen LogP contribution is 2.22. The van der Waals surface area contributed by atoms with Crippen molar-refractivity contribution in [3.63, 3.8) is 0 Å². The van der Waals surface area contributed by atoms with Crippen LogP contribution >= 0.6 is 0 Å². The summed E-state index contributed by atoms with van der Waals surface area (Å²) in [6.07, 6.45) is 3.72. The maximum absolute atomic E-state index is 6.45. The van der Waals surface area contributed by atoms with Gasteiger partial charge in [0.25, 0.3) is 0 Å². The van der Waals surface area contributed by atoms with E-state index in [1.165, 1.54) is 25.8 Å². The monoisotopic (exact) mass is 361 g/mol. The Morgan fingerprint density at radius 1 is 1.09 bits per heavy atom. The van der Waals surface area contributed by atoms with E-state index in [1.807, 2.05) is 0 Å². The molecule has 23 heavy (non-hydrogen) atoms. The molecule has 0 fully saturated rings. The molecule has 2 unspecified atom stereocenters.